The monoisotopic (exact) mass is 284 g/mol. The number of hydrogen-bond acceptors (Lipinski definition) is 4. The van der Waals surface area contributed by atoms with E-state index in [2.05, 4.69) is 57.9 Å². The molecule has 1 aromatic heterocycles. The Morgan fingerprint density at radius 2 is 1.76 bits per heavy atom. The summed E-state index contributed by atoms with van der Waals surface area (Å²) in [6.45, 7) is 3.09. The molecule has 0 radical (unpaired) electrons. The Hall–Kier alpha value is -2.10. The molecule has 1 heterocycles. The fourth-order valence-corrected chi connectivity index (χ4v) is 2.41. The van der Waals surface area contributed by atoms with E-state index in [4.69, 9.17) is 0 Å². The Morgan fingerprint density at radius 1 is 1.00 bits per heavy atom. The van der Waals surface area contributed by atoms with E-state index in [0.717, 1.165) is 43.9 Å². The van der Waals surface area contributed by atoms with Gasteiger partial charge in [-0.15, -0.1) is 0 Å². The van der Waals surface area contributed by atoms with Gasteiger partial charge in [-0.3, -0.25) is 0 Å². The second-order valence-electron chi connectivity index (χ2n) is 5.07. The van der Waals surface area contributed by atoms with Crippen molar-refractivity contribution in [2.24, 2.45) is 0 Å². The lowest BCUT2D eigenvalue weighted by molar-refractivity contribution is 0.847. The zero-order chi connectivity index (χ0) is 14.9. The van der Waals surface area contributed by atoms with Crippen molar-refractivity contribution in [2.75, 3.05) is 24.2 Å². The molecule has 2 N–H and O–H groups in total. The molecule has 2 aromatic rings. The Kier molecular flexibility index (Phi) is 6.00. The van der Waals surface area contributed by atoms with Crippen LogP contribution in [0.4, 0.5) is 11.6 Å². The van der Waals surface area contributed by atoms with Crippen molar-refractivity contribution < 1.29 is 0 Å². The molecule has 112 valence electrons. The van der Waals surface area contributed by atoms with E-state index in [1.165, 1.54) is 11.1 Å². The average molecular weight is 284 g/mol. The minimum absolute atomic E-state index is 0.922. The molecule has 21 heavy (non-hydrogen) atoms. The SMILES string of the molecule is CCCc1c(NC)ncnc1NCCCc1ccccc1. The highest BCUT2D eigenvalue weighted by Gasteiger charge is 2.08. The third-order valence-corrected chi connectivity index (χ3v) is 3.46. The number of aryl methyl sites for hydroxylation is 1. The molecule has 0 aliphatic heterocycles. The minimum Gasteiger partial charge on any atom is -0.373 e. The summed E-state index contributed by atoms with van der Waals surface area (Å²) in [5.74, 6) is 1.89. The van der Waals surface area contributed by atoms with Crippen molar-refractivity contribution in [3.63, 3.8) is 0 Å². The molecule has 0 saturated carbocycles. The molecule has 0 bridgehead atoms. The first-order valence-electron chi connectivity index (χ1n) is 7.64. The molecule has 0 saturated heterocycles. The zero-order valence-corrected chi connectivity index (χ0v) is 12.9. The normalized spacial score (nSPS) is 10.4. The van der Waals surface area contributed by atoms with Gasteiger partial charge >= 0.3 is 0 Å². The van der Waals surface area contributed by atoms with E-state index in [9.17, 15) is 0 Å². The Morgan fingerprint density at radius 3 is 2.48 bits per heavy atom. The van der Waals surface area contributed by atoms with Gasteiger partial charge in [0.1, 0.15) is 18.0 Å². The fourth-order valence-electron chi connectivity index (χ4n) is 2.41. The minimum atomic E-state index is 0.922. The lowest BCUT2D eigenvalue weighted by Crippen LogP contribution is -2.10. The summed E-state index contributed by atoms with van der Waals surface area (Å²) < 4.78 is 0. The maximum Gasteiger partial charge on any atom is 0.134 e. The second kappa shape index (κ2) is 8.25. The number of hydrogen-bond donors (Lipinski definition) is 2. The lowest BCUT2D eigenvalue weighted by Gasteiger charge is -2.13. The van der Waals surface area contributed by atoms with E-state index in [0.29, 0.717) is 0 Å². The van der Waals surface area contributed by atoms with Gasteiger partial charge in [-0.05, 0) is 24.8 Å². The van der Waals surface area contributed by atoms with Crippen LogP contribution in [0.1, 0.15) is 30.9 Å². The second-order valence-corrected chi connectivity index (χ2v) is 5.07. The van der Waals surface area contributed by atoms with Crippen LogP contribution in [0.3, 0.4) is 0 Å². The van der Waals surface area contributed by atoms with Crippen LogP contribution >= 0.6 is 0 Å². The van der Waals surface area contributed by atoms with Crippen molar-refractivity contribution in [1.82, 2.24) is 9.97 Å². The van der Waals surface area contributed by atoms with Crippen molar-refractivity contribution >= 4 is 11.6 Å². The Bertz CT molecular complexity index is 540. The molecule has 4 heteroatoms. The molecule has 0 aliphatic rings. The van der Waals surface area contributed by atoms with Gasteiger partial charge in [0, 0.05) is 19.2 Å². The maximum absolute atomic E-state index is 4.39. The van der Waals surface area contributed by atoms with Crippen molar-refractivity contribution in [3.05, 3.63) is 47.8 Å². The van der Waals surface area contributed by atoms with Gasteiger partial charge in [0.2, 0.25) is 0 Å². The predicted octanol–water partition coefficient (Wildman–Crippen LogP) is 3.52. The number of benzene rings is 1. The van der Waals surface area contributed by atoms with E-state index < -0.39 is 0 Å². The lowest BCUT2D eigenvalue weighted by atomic mass is 10.1. The first-order valence-corrected chi connectivity index (χ1v) is 7.64. The molecule has 4 nitrogen and oxygen atoms in total. The summed E-state index contributed by atoms with van der Waals surface area (Å²) in [4.78, 5) is 8.68. The highest BCUT2D eigenvalue weighted by Crippen LogP contribution is 2.21. The van der Waals surface area contributed by atoms with E-state index in [1.807, 2.05) is 7.05 Å². The molecule has 0 fully saturated rings. The number of aromatic nitrogens is 2. The summed E-state index contributed by atoms with van der Waals surface area (Å²) in [6, 6.07) is 10.6. The Balaban J connectivity index is 1.90. The average Bonchev–Trinajstić information content (AvgIpc) is 2.54. The van der Waals surface area contributed by atoms with Crippen LogP contribution in [0.5, 0.6) is 0 Å². The number of rotatable bonds is 8. The summed E-state index contributed by atoms with van der Waals surface area (Å²) in [5.41, 5.74) is 2.56. The first-order chi connectivity index (χ1) is 10.3. The van der Waals surface area contributed by atoms with Crippen LogP contribution in [-0.2, 0) is 12.8 Å². The largest absolute Gasteiger partial charge is 0.373 e. The van der Waals surface area contributed by atoms with Gasteiger partial charge in [0.25, 0.3) is 0 Å². The van der Waals surface area contributed by atoms with E-state index >= 15 is 0 Å². The van der Waals surface area contributed by atoms with Gasteiger partial charge in [0.05, 0.1) is 0 Å². The van der Waals surface area contributed by atoms with Crippen LogP contribution in [-0.4, -0.2) is 23.6 Å². The summed E-state index contributed by atoms with van der Waals surface area (Å²) in [5, 5.41) is 6.60. The fraction of sp³-hybridized carbons (Fsp3) is 0.412. The summed E-state index contributed by atoms with van der Waals surface area (Å²) >= 11 is 0. The van der Waals surface area contributed by atoms with Gasteiger partial charge in [-0.1, -0.05) is 43.7 Å². The molecule has 2 rings (SSSR count). The molecular weight excluding hydrogens is 260 g/mol. The molecule has 0 unspecified atom stereocenters. The van der Waals surface area contributed by atoms with Crippen LogP contribution in [0.15, 0.2) is 36.7 Å². The topological polar surface area (TPSA) is 49.8 Å². The standard InChI is InChI=1S/C17H24N4/c1-3-8-15-16(18-2)20-13-21-17(15)19-12-7-11-14-9-5-4-6-10-14/h4-6,9-10,13H,3,7-8,11-12H2,1-2H3,(H2,18,19,20,21). The molecule has 0 spiro atoms. The van der Waals surface area contributed by atoms with Gasteiger partial charge in [-0.2, -0.15) is 0 Å². The number of anilines is 2. The molecule has 1 aromatic carbocycles. The molecule has 0 amide bonds. The van der Waals surface area contributed by atoms with Crippen LogP contribution in [0.25, 0.3) is 0 Å². The highest BCUT2D eigenvalue weighted by atomic mass is 15.1. The number of nitrogens with one attached hydrogen (secondary N) is 2. The van der Waals surface area contributed by atoms with E-state index in [1.54, 1.807) is 6.33 Å². The first kappa shape index (κ1) is 15.3. The number of nitrogens with zero attached hydrogens (tertiary/aromatic N) is 2. The van der Waals surface area contributed by atoms with Gasteiger partial charge < -0.3 is 10.6 Å². The van der Waals surface area contributed by atoms with Crippen molar-refractivity contribution in [2.45, 2.75) is 32.6 Å². The molecule has 0 atom stereocenters. The van der Waals surface area contributed by atoms with Crippen LogP contribution in [0, 0.1) is 0 Å². The van der Waals surface area contributed by atoms with Crippen molar-refractivity contribution in [1.29, 1.82) is 0 Å². The smallest absolute Gasteiger partial charge is 0.134 e. The molecule has 0 aliphatic carbocycles. The molecular formula is C17H24N4. The summed E-state index contributed by atoms with van der Waals surface area (Å²) in [6.07, 6.45) is 5.86. The summed E-state index contributed by atoms with van der Waals surface area (Å²) in [7, 11) is 1.90. The van der Waals surface area contributed by atoms with Gasteiger partial charge in [-0.25, -0.2) is 9.97 Å². The quantitative estimate of drug-likeness (QED) is 0.728. The van der Waals surface area contributed by atoms with E-state index in [-0.39, 0.29) is 0 Å². The zero-order valence-electron chi connectivity index (χ0n) is 12.9. The third kappa shape index (κ3) is 4.45. The van der Waals surface area contributed by atoms with Crippen molar-refractivity contribution in [3.8, 4) is 0 Å². The van der Waals surface area contributed by atoms with Crippen LogP contribution in [0.2, 0.25) is 0 Å². The highest BCUT2D eigenvalue weighted by molar-refractivity contribution is 5.57. The Labute approximate surface area is 127 Å². The van der Waals surface area contributed by atoms with Crippen LogP contribution < -0.4 is 10.6 Å². The maximum atomic E-state index is 4.39. The predicted molar refractivity (Wildman–Crippen MR) is 88.8 cm³/mol. The van der Waals surface area contributed by atoms with Gasteiger partial charge in [0.15, 0.2) is 0 Å². The third-order valence-electron chi connectivity index (χ3n) is 3.46.